The van der Waals surface area contributed by atoms with Gasteiger partial charge in [0.1, 0.15) is 17.9 Å². The van der Waals surface area contributed by atoms with Gasteiger partial charge in [-0.15, -0.1) is 0 Å². The maximum absolute atomic E-state index is 12.1. The molecular weight excluding hydrogens is 276 g/mol. The quantitative estimate of drug-likeness (QED) is 0.439. The Balaban J connectivity index is 2.62. The number of rotatable bonds is 8. The van der Waals surface area contributed by atoms with Crippen molar-refractivity contribution in [3.8, 4) is 0 Å². The Labute approximate surface area is 123 Å². The molecule has 21 heavy (non-hydrogen) atoms. The molecule has 0 aliphatic carbocycles. The van der Waals surface area contributed by atoms with Crippen LogP contribution in [0.25, 0.3) is 0 Å². The molecule has 0 aliphatic heterocycles. The normalized spacial score (nSPS) is 10.7. The van der Waals surface area contributed by atoms with Crippen molar-refractivity contribution in [3.63, 3.8) is 0 Å². The average Bonchev–Trinajstić information content (AvgIpc) is 2.69. The molecule has 1 N–H and O–H groups in total. The van der Waals surface area contributed by atoms with Gasteiger partial charge in [0.15, 0.2) is 0 Å². The predicted molar refractivity (Wildman–Crippen MR) is 76.9 cm³/mol. The largest absolute Gasteiger partial charge is 0.396 e. The van der Waals surface area contributed by atoms with E-state index in [1.54, 1.807) is 25.8 Å². The van der Waals surface area contributed by atoms with Crippen molar-refractivity contribution in [1.29, 1.82) is 0 Å². The van der Waals surface area contributed by atoms with E-state index >= 15 is 0 Å². The fraction of sp³-hybridized carbons (Fsp3) is 0.692. The number of nitro groups is 1. The molecule has 0 spiro atoms. The van der Waals surface area contributed by atoms with Crippen LogP contribution < -0.4 is 0 Å². The molecule has 1 rings (SSSR count). The molecule has 0 atom stereocenters. The van der Waals surface area contributed by atoms with Gasteiger partial charge in [-0.2, -0.15) is 5.10 Å². The van der Waals surface area contributed by atoms with Crippen LogP contribution in [0.15, 0.2) is 0 Å². The number of aryl methyl sites for hydroxylation is 1. The standard InChI is InChI=1S/C13H22N4O4/c1-10-13(17(20)21)11(2)16(14-10)9-12(19)15(3)7-5-4-6-8-18/h18H,4-9H2,1-3H3. The molecular formula is C13H22N4O4. The van der Waals surface area contributed by atoms with Crippen LogP contribution in [0.1, 0.15) is 30.7 Å². The van der Waals surface area contributed by atoms with E-state index in [1.807, 2.05) is 0 Å². The van der Waals surface area contributed by atoms with Gasteiger partial charge in [0.25, 0.3) is 0 Å². The zero-order valence-corrected chi connectivity index (χ0v) is 12.7. The van der Waals surface area contributed by atoms with E-state index in [2.05, 4.69) is 5.10 Å². The van der Waals surface area contributed by atoms with Gasteiger partial charge < -0.3 is 10.0 Å². The van der Waals surface area contributed by atoms with Crippen LogP contribution in [0.4, 0.5) is 5.69 Å². The molecule has 0 saturated heterocycles. The van der Waals surface area contributed by atoms with Crippen molar-refractivity contribution in [2.24, 2.45) is 0 Å². The summed E-state index contributed by atoms with van der Waals surface area (Å²) >= 11 is 0. The number of aliphatic hydroxyl groups excluding tert-OH is 1. The van der Waals surface area contributed by atoms with Crippen molar-refractivity contribution in [2.75, 3.05) is 20.2 Å². The number of carbonyl (C=O) groups is 1. The summed E-state index contributed by atoms with van der Waals surface area (Å²) in [6, 6.07) is 0. The van der Waals surface area contributed by atoms with Crippen molar-refractivity contribution < 1.29 is 14.8 Å². The first-order valence-corrected chi connectivity index (χ1v) is 6.91. The number of aromatic nitrogens is 2. The minimum atomic E-state index is -0.475. The van der Waals surface area contributed by atoms with Gasteiger partial charge in [-0.3, -0.25) is 19.6 Å². The summed E-state index contributed by atoms with van der Waals surface area (Å²) in [7, 11) is 1.70. The van der Waals surface area contributed by atoms with E-state index in [0.717, 1.165) is 19.3 Å². The van der Waals surface area contributed by atoms with Crippen LogP contribution in [-0.4, -0.2) is 50.8 Å². The van der Waals surface area contributed by atoms with E-state index in [1.165, 1.54) is 4.68 Å². The monoisotopic (exact) mass is 298 g/mol. The highest BCUT2D eigenvalue weighted by Gasteiger charge is 2.23. The summed E-state index contributed by atoms with van der Waals surface area (Å²) in [5.41, 5.74) is 0.670. The topological polar surface area (TPSA) is 102 Å². The number of nitrogens with zero attached hydrogens (tertiary/aromatic N) is 4. The lowest BCUT2D eigenvalue weighted by Gasteiger charge is -2.17. The molecule has 1 aromatic heterocycles. The van der Waals surface area contributed by atoms with Crippen LogP contribution in [-0.2, 0) is 11.3 Å². The van der Waals surface area contributed by atoms with E-state index in [0.29, 0.717) is 17.9 Å². The Hall–Kier alpha value is -1.96. The highest BCUT2D eigenvalue weighted by molar-refractivity contribution is 5.75. The molecule has 1 amide bonds. The number of carbonyl (C=O) groups excluding carboxylic acids is 1. The van der Waals surface area contributed by atoms with Gasteiger partial charge in [-0.1, -0.05) is 0 Å². The van der Waals surface area contributed by atoms with Gasteiger partial charge in [0, 0.05) is 20.2 Å². The van der Waals surface area contributed by atoms with Crippen LogP contribution >= 0.6 is 0 Å². The first-order valence-electron chi connectivity index (χ1n) is 6.91. The molecule has 1 aromatic rings. The predicted octanol–water partition coefficient (Wildman–Crippen LogP) is 1.03. The molecule has 0 bridgehead atoms. The highest BCUT2D eigenvalue weighted by atomic mass is 16.6. The summed E-state index contributed by atoms with van der Waals surface area (Å²) in [6.45, 7) is 3.90. The van der Waals surface area contributed by atoms with Crippen molar-refractivity contribution >= 4 is 11.6 Å². The van der Waals surface area contributed by atoms with E-state index in [9.17, 15) is 14.9 Å². The Morgan fingerprint density at radius 2 is 2.05 bits per heavy atom. The second kappa shape index (κ2) is 7.72. The number of aliphatic hydroxyl groups is 1. The van der Waals surface area contributed by atoms with Gasteiger partial charge in [-0.25, -0.2) is 0 Å². The number of hydrogen-bond acceptors (Lipinski definition) is 5. The van der Waals surface area contributed by atoms with Crippen LogP contribution in [0.5, 0.6) is 0 Å². The minimum Gasteiger partial charge on any atom is -0.396 e. The van der Waals surface area contributed by atoms with Crippen molar-refractivity contribution in [3.05, 3.63) is 21.5 Å². The second-order valence-corrected chi connectivity index (χ2v) is 5.03. The lowest BCUT2D eigenvalue weighted by molar-refractivity contribution is -0.386. The Morgan fingerprint density at radius 1 is 1.38 bits per heavy atom. The maximum atomic E-state index is 12.1. The second-order valence-electron chi connectivity index (χ2n) is 5.03. The zero-order valence-electron chi connectivity index (χ0n) is 12.7. The lowest BCUT2D eigenvalue weighted by atomic mass is 10.2. The third-order valence-electron chi connectivity index (χ3n) is 3.39. The molecule has 0 aromatic carbocycles. The molecule has 0 unspecified atom stereocenters. The molecule has 1 heterocycles. The van der Waals surface area contributed by atoms with E-state index in [4.69, 9.17) is 5.11 Å². The molecule has 0 saturated carbocycles. The van der Waals surface area contributed by atoms with Crippen molar-refractivity contribution in [2.45, 2.75) is 39.7 Å². The Bertz CT molecular complexity index is 513. The molecule has 0 radical (unpaired) electrons. The van der Waals surface area contributed by atoms with Gasteiger partial charge in [-0.05, 0) is 33.1 Å². The smallest absolute Gasteiger partial charge is 0.312 e. The Kier molecular flexibility index (Phi) is 6.29. The van der Waals surface area contributed by atoms with Crippen LogP contribution in [0.2, 0.25) is 0 Å². The maximum Gasteiger partial charge on any atom is 0.312 e. The number of hydrogen-bond donors (Lipinski definition) is 1. The fourth-order valence-electron chi connectivity index (χ4n) is 2.12. The SMILES string of the molecule is Cc1nn(CC(=O)N(C)CCCCCO)c(C)c1[N+](=O)[O-]. The van der Waals surface area contributed by atoms with Crippen LogP contribution in [0, 0.1) is 24.0 Å². The highest BCUT2D eigenvalue weighted by Crippen LogP contribution is 2.21. The Morgan fingerprint density at radius 3 is 2.57 bits per heavy atom. The van der Waals surface area contributed by atoms with Crippen LogP contribution in [0.3, 0.4) is 0 Å². The molecule has 0 aliphatic rings. The number of likely N-dealkylation sites (N-methyl/N-ethyl adjacent to an activating group) is 1. The summed E-state index contributed by atoms with van der Waals surface area (Å²) in [5.74, 6) is -0.139. The third kappa shape index (κ3) is 4.52. The van der Waals surface area contributed by atoms with Crippen molar-refractivity contribution in [1.82, 2.24) is 14.7 Å². The summed E-state index contributed by atoms with van der Waals surface area (Å²) in [4.78, 5) is 24.1. The number of unbranched alkanes of at least 4 members (excludes halogenated alkanes) is 2. The van der Waals surface area contributed by atoms with E-state index < -0.39 is 4.92 Å². The average molecular weight is 298 g/mol. The first-order chi connectivity index (χ1) is 9.88. The molecule has 8 heteroatoms. The minimum absolute atomic E-state index is 0.00296. The van der Waals surface area contributed by atoms with Gasteiger partial charge >= 0.3 is 5.69 Å². The summed E-state index contributed by atoms with van der Waals surface area (Å²) in [6.07, 6.45) is 2.41. The van der Waals surface area contributed by atoms with Gasteiger partial charge in [0.05, 0.1) is 4.92 Å². The van der Waals surface area contributed by atoms with Gasteiger partial charge in [0.2, 0.25) is 5.91 Å². The third-order valence-corrected chi connectivity index (χ3v) is 3.39. The molecule has 0 fully saturated rings. The molecule has 8 nitrogen and oxygen atoms in total. The number of amides is 1. The molecule has 118 valence electrons. The first kappa shape index (κ1) is 17.1. The summed E-state index contributed by atoms with van der Waals surface area (Å²) < 4.78 is 1.38. The van der Waals surface area contributed by atoms with E-state index in [-0.39, 0.29) is 24.7 Å². The fourth-order valence-corrected chi connectivity index (χ4v) is 2.12. The zero-order chi connectivity index (χ0) is 16.0. The summed E-state index contributed by atoms with van der Waals surface area (Å²) in [5, 5.41) is 23.7. The lowest BCUT2D eigenvalue weighted by Crippen LogP contribution is -2.31.